The van der Waals surface area contributed by atoms with E-state index in [0.717, 1.165) is 12.2 Å². The average Bonchev–Trinajstić information content (AvgIpc) is 2.36. The summed E-state index contributed by atoms with van der Waals surface area (Å²) in [4.78, 5) is 16.7. The summed E-state index contributed by atoms with van der Waals surface area (Å²) >= 11 is 0. The van der Waals surface area contributed by atoms with Gasteiger partial charge >= 0.3 is 0 Å². The fraction of sp³-hybridized carbons (Fsp3) is 0.200. The second kappa shape index (κ2) is 9.09. The number of rotatable bonds is 1. The minimum atomic E-state index is -2.05. The van der Waals surface area contributed by atoms with E-state index in [1.165, 1.54) is 6.92 Å². The number of benzene rings is 1. The maximum Gasteiger partial charge on any atom is 0.231 e. The van der Waals surface area contributed by atoms with E-state index in [9.17, 15) is 10.2 Å². The number of hydrogen-bond acceptors (Lipinski definition) is 10. The van der Waals surface area contributed by atoms with Crippen molar-refractivity contribution >= 4 is 12.2 Å². The van der Waals surface area contributed by atoms with Gasteiger partial charge in [0.25, 0.3) is 0 Å². The van der Waals surface area contributed by atoms with Gasteiger partial charge in [0, 0.05) is 5.56 Å². The Balaban J connectivity index is 0. The molecule has 1 aromatic rings. The molecule has 1 aromatic carbocycles. The quantitative estimate of drug-likeness (QED) is 0.112. The van der Waals surface area contributed by atoms with Gasteiger partial charge in [-0.15, -0.1) is 0 Å². The zero-order valence-electron chi connectivity index (χ0n) is 10.1. The summed E-state index contributed by atoms with van der Waals surface area (Å²) in [5.74, 6) is -3.46. The Kier molecular flexibility index (Phi) is 8.83. The van der Waals surface area contributed by atoms with Gasteiger partial charge in [0.05, 0.1) is 5.56 Å². The summed E-state index contributed by atoms with van der Waals surface area (Å²) in [5.41, 5.74) is -0.564. The molecule has 10 nitrogen and oxygen atoms in total. The Hall–Kier alpha value is -2.90. The maximum absolute atomic E-state index is 9.21. The largest absolute Gasteiger partial charge is 0.504 e. The summed E-state index contributed by atoms with van der Waals surface area (Å²) in [6.45, 7) is 1.25. The summed E-state index contributed by atoms with van der Waals surface area (Å²) in [6.07, 6.45) is -0.549. The maximum atomic E-state index is 9.21. The van der Waals surface area contributed by atoms with Crippen LogP contribution in [0.3, 0.4) is 0 Å². The van der Waals surface area contributed by atoms with Gasteiger partial charge in [0.15, 0.2) is 17.8 Å². The number of hydrogen-bond donors (Lipinski definition) is 8. The van der Waals surface area contributed by atoms with Crippen LogP contribution in [-0.4, -0.2) is 42.8 Å². The molecule has 0 aliphatic carbocycles. The smallest absolute Gasteiger partial charge is 0.231 e. The van der Waals surface area contributed by atoms with Crippen LogP contribution in [0, 0.1) is 17.7 Å². The van der Waals surface area contributed by atoms with Crippen molar-refractivity contribution in [2.45, 2.75) is 13.2 Å². The number of phenols is 4. The SMILES string of the molecule is Cc1c(O)c(O)c(O)c(O)c1C(O)O.N=C=O.N=C=O. The van der Waals surface area contributed by atoms with Gasteiger partial charge in [-0.25, -0.2) is 20.4 Å². The molecule has 0 aromatic heterocycles. The lowest BCUT2D eigenvalue weighted by Crippen LogP contribution is -1.99. The van der Waals surface area contributed by atoms with Gasteiger partial charge in [-0.3, -0.25) is 0 Å². The molecule has 0 unspecified atom stereocenters. The van der Waals surface area contributed by atoms with Crippen LogP contribution in [0.15, 0.2) is 0 Å². The predicted octanol–water partition coefficient (Wildman–Crippen LogP) is -0.397. The highest BCUT2D eigenvalue weighted by Crippen LogP contribution is 2.48. The van der Waals surface area contributed by atoms with Gasteiger partial charge in [0.1, 0.15) is 0 Å². The van der Waals surface area contributed by atoms with Crippen LogP contribution in [0.2, 0.25) is 0 Å². The van der Waals surface area contributed by atoms with Crippen molar-refractivity contribution in [3.63, 3.8) is 0 Å². The highest BCUT2D eigenvalue weighted by atomic mass is 16.5. The minimum absolute atomic E-state index is 0.118. The first-order valence-electron chi connectivity index (χ1n) is 4.61. The number of isocyanates is 2. The number of aliphatic hydroxyl groups excluding tert-OH is 1. The van der Waals surface area contributed by atoms with Gasteiger partial charge in [-0.1, -0.05) is 0 Å². The van der Waals surface area contributed by atoms with Crippen molar-refractivity contribution in [2.24, 2.45) is 0 Å². The van der Waals surface area contributed by atoms with Crippen molar-refractivity contribution in [3.05, 3.63) is 11.1 Å². The fourth-order valence-electron chi connectivity index (χ4n) is 1.15. The molecular formula is C10H12N2O8. The highest BCUT2D eigenvalue weighted by molar-refractivity contribution is 5.64. The molecule has 10 heteroatoms. The van der Waals surface area contributed by atoms with Crippen LogP contribution >= 0.6 is 0 Å². The molecule has 0 aliphatic rings. The predicted molar refractivity (Wildman–Crippen MR) is 61.8 cm³/mol. The third-order valence-corrected chi connectivity index (χ3v) is 1.95. The van der Waals surface area contributed by atoms with Crippen molar-refractivity contribution in [1.29, 1.82) is 10.8 Å². The van der Waals surface area contributed by atoms with Crippen molar-refractivity contribution in [3.8, 4) is 23.0 Å². The topological polar surface area (TPSA) is 203 Å². The molecular weight excluding hydrogens is 276 g/mol. The molecule has 110 valence electrons. The Morgan fingerprint density at radius 3 is 1.45 bits per heavy atom. The van der Waals surface area contributed by atoms with Crippen LogP contribution in [0.1, 0.15) is 17.4 Å². The van der Waals surface area contributed by atoms with E-state index in [4.69, 9.17) is 40.8 Å². The molecule has 0 saturated carbocycles. The Bertz CT molecular complexity index is 488. The Morgan fingerprint density at radius 2 is 1.15 bits per heavy atom. The first-order valence-corrected chi connectivity index (χ1v) is 4.61. The van der Waals surface area contributed by atoms with Gasteiger partial charge < -0.3 is 30.6 Å². The molecule has 0 atom stereocenters. The lowest BCUT2D eigenvalue weighted by Gasteiger charge is -2.14. The van der Waals surface area contributed by atoms with Gasteiger partial charge in [-0.2, -0.15) is 0 Å². The second-order valence-electron chi connectivity index (χ2n) is 3.01. The first-order chi connectivity index (χ1) is 9.20. The van der Waals surface area contributed by atoms with E-state index >= 15 is 0 Å². The lowest BCUT2D eigenvalue weighted by atomic mass is 10.0. The number of aromatic hydroxyl groups is 4. The summed E-state index contributed by atoms with van der Waals surface area (Å²) in [5, 5.41) is 65.0. The zero-order valence-corrected chi connectivity index (χ0v) is 10.1. The average molecular weight is 288 g/mol. The molecule has 20 heavy (non-hydrogen) atoms. The molecule has 0 heterocycles. The number of aliphatic hydroxyl groups is 2. The van der Waals surface area contributed by atoms with Crippen LogP contribution in [0.25, 0.3) is 0 Å². The van der Waals surface area contributed by atoms with E-state index in [1.54, 1.807) is 0 Å². The summed E-state index contributed by atoms with van der Waals surface area (Å²) in [6, 6.07) is 0. The summed E-state index contributed by atoms with van der Waals surface area (Å²) in [7, 11) is 0. The second-order valence-corrected chi connectivity index (χ2v) is 3.01. The van der Waals surface area contributed by atoms with E-state index < -0.39 is 34.9 Å². The molecule has 0 amide bonds. The van der Waals surface area contributed by atoms with Crippen LogP contribution in [0.5, 0.6) is 23.0 Å². The van der Waals surface area contributed by atoms with E-state index in [2.05, 4.69) is 0 Å². The Labute approximate surface area is 111 Å². The molecule has 8 N–H and O–H groups in total. The van der Waals surface area contributed by atoms with E-state index in [0.29, 0.717) is 0 Å². The monoisotopic (exact) mass is 288 g/mol. The zero-order chi connectivity index (χ0) is 16.5. The van der Waals surface area contributed by atoms with Crippen LogP contribution < -0.4 is 0 Å². The van der Waals surface area contributed by atoms with Crippen molar-refractivity contribution < 1.29 is 40.2 Å². The first kappa shape index (κ1) is 19.4. The number of nitrogens with one attached hydrogen (secondary N) is 2. The molecule has 0 radical (unpaired) electrons. The molecule has 0 bridgehead atoms. The molecule has 1 rings (SSSR count). The minimum Gasteiger partial charge on any atom is -0.504 e. The molecule has 0 aliphatic heterocycles. The van der Waals surface area contributed by atoms with E-state index in [-0.39, 0.29) is 5.56 Å². The van der Waals surface area contributed by atoms with Crippen LogP contribution in [-0.2, 0) is 9.59 Å². The fourth-order valence-corrected chi connectivity index (χ4v) is 1.15. The third-order valence-electron chi connectivity index (χ3n) is 1.95. The van der Waals surface area contributed by atoms with E-state index in [1.807, 2.05) is 0 Å². The normalized spacial score (nSPS) is 8.40. The molecule has 0 fully saturated rings. The van der Waals surface area contributed by atoms with Crippen LogP contribution in [0.4, 0.5) is 0 Å². The van der Waals surface area contributed by atoms with Crippen molar-refractivity contribution in [1.82, 2.24) is 0 Å². The standard InChI is InChI=1S/C8H10O6.2CHNO/c1-2-3(8(13)14)5(10)7(12)6(11)4(2)9;2*2-1-3/h8-14H,1H3;2*2H. The number of phenolic OH excluding ortho intramolecular Hbond substituents is 4. The summed E-state index contributed by atoms with van der Waals surface area (Å²) < 4.78 is 0. The highest BCUT2D eigenvalue weighted by Gasteiger charge is 2.23. The van der Waals surface area contributed by atoms with Crippen molar-refractivity contribution in [2.75, 3.05) is 0 Å². The van der Waals surface area contributed by atoms with Gasteiger partial charge in [-0.05, 0) is 6.92 Å². The van der Waals surface area contributed by atoms with Gasteiger partial charge in [0.2, 0.25) is 23.7 Å². The Morgan fingerprint density at radius 1 is 0.850 bits per heavy atom. The molecule has 0 spiro atoms. The molecule has 0 saturated heterocycles. The number of carbonyl (C=O) groups excluding carboxylic acids is 2. The lowest BCUT2D eigenvalue weighted by molar-refractivity contribution is -0.0447. The third kappa shape index (κ3) is 4.77.